The summed E-state index contributed by atoms with van der Waals surface area (Å²) in [5.41, 5.74) is 0.161. The van der Waals surface area contributed by atoms with Crippen molar-refractivity contribution in [3.05, 3.63) is 77.4 Å². The van der Waals surface area contributed by atoms with Crippen LogP contribution in [0.4, 0.5) is 23.2 Å². The minimum atomic E-state index is -4.53. The van der Waals surface area contributed by atoms with Crippen molar-refractivity contribution in [1.82, 2.24) is 14.9 Å². The number of imidazole rings is 1. The lowest BCUT2D eigenvalue weighted by molar-refractivity contribution is -0.137. The Morgan fingerprint density at radius 2 is 1.82 bits per heavy atom. The molecular formula is C22H20F4N4O3S. The fourth-order valence-electron chi connectivity index (χ4n) is 2.91. The van der Waals surface area contributed by atoms with E-state index in [9.17, 15) is 32.3 Å². The van der Waals surface area contributed by atoms with Crippen LogP contribution in [0.2, 0.25) is 0 Å². The smallest absolute Gasteiger partial charge is 0.390 e. The first kappa shape index (κ1) is 25.2. The van der Waals surface area contributed by atoms with Crippen molar-refractivity contribution >= 4 is 29.3 Å². The highest BCUT2D eigenvalue weighted by atomic mass is 32.2. The van der Waals surface area contributed by atoms with Crippen molar-refractivity contribution in [3.8, 4) is 0 Å². The summed E-state index contributed by atoms with van der Waals surface area (Å²) in [5, 5.41) is 14.9. The lowest BCUT2D eigenvalue weighted by Gasteiger charge is -2.12. The van der Waals surface area contributed by atoms with Crippen LogP contribution in [0, 0.1) is 5.82 Å². The van der Waals surface area contributed by atoms with Gasteiger partial charge in [-0.3, -0.25) is 9.59 Å². The van der Waals surface area contributed by atoms with Gasteiger partial charge in [0.25, 0.3) is 0 Å². The highest BCUT2D eigenvalue weighted by Gasteiger charge is 2.30. The number of nitrogens with zero attached hydrogens (tertiary/aromatic N) is 2. The summed E-state index contributed by atoms with van der Waals surface area (Å²) in [5.74, 6) is -1.53. The highest BCUT2D eigenvalue weighted by molar-refractivity contribution is 7.99. The summed E-state index contributed by atoms with van der Waals surface area (Å²) in [4.78, 5) is 28.7. The van der Waals surface area contributed by atoms with E-state index in [0.29, 0.717) is 11.3 Å². The zero-order valence-corrected chi connectivity index (χ0v) is 18.4. The van der Waals surface area contributed by atoms with Crippen LogP contribution < -0.4 is 10.6 Å². The van der Waals surface area contributed by atoms with E-state index in [0.717, 1.165) is 23.9 Å². The molecule has 3 rings (SSSR count). The molecule has 2 amide bonds. The van der Waals surface area contributed by atoms with Crippen molar-refractivity contribution in [2.45, 2.75) is 31.0 Å². The molecule has 0 unspecified atom stereocenters. The molecule has 12 heteroatoms. The van der Waals surface area contributed by atoms with Gasteiger partial charge in [0.05, 0.1) is 29.8 Å². The summed E-state index contributed by atoms with van der Waals surface area (Å²) in [6.45, 7) is -0.409. The molecule has 0 saturated carbocycles. The van der Waals surface area contributed by atoms with Crippen molar-refractivity contribution in [2.24, 2.45) is 0 Å². The molecular weight excluding hydrogens is 476 g/mol. The molecule has 0 aliphatic carbocycles. The molecule has 0 fully saturated rings. The van der Waals surface area contributed by atoms with Crippen molar-refractivity contribution in [2.75, 3.05) is 11.1 Å². The number of amides is 2. The molecule has 1 heterocycles. The Bertz CT molecular complexity index is 1150. The number of rotatable bonds is 9. The summed E-state index contributed by atoms with van der Waals surface area (Å²) in [6.07, 6.45) is -3.17. The number of aliphatic hydroxyl groups is 1. The van der Waals surface area contributed by atoms with Gasteiger partial charge in [-0.25, -0.2) is 9.37 Å². The average molecular weight is 496 g/mol. The van der Waals surface area contributed by atoms with Gasteiger partial charge in [-0.1, -0.05) is 30.0 Å². The van der Waals surface area contributed by atoms with E-state index in [1.165, 1.54) is 47.2 Å². The third-order valence-electron chi connectivity index (χ3n) is 4.57. The van der Waals surface area contributed by atoms with Gasteiger partial charge in [-0.05, 0) is 35.9 Å². The number of anilines is 1. The van der Waals surface area contributed by atoms with E-state index < -0.39 is 30.2 Å². The minimum absolute atomic E-state index is 0.0000138. The zero-order chi connectivity index (χ0) is 24.7. The van der Waals surface area contributed by atoms with Crippen LogP contribution in [0.3, 0.4) is 0 Å². The molecule has 0 saturated heterocycles. The second-order valence-electron chi connectivity index (χ2n) is 7.09. The molecule has 3 aromatic rings. The van der Waals surface area contributed by atoms with Crippen LogP contribution >= 0.6 is 11.8 Å². The molecule has 34 heavy (non-hydrogen) atoms. The first-order valence-electron chi connectivity index (χ1n) is 9.92. The molecule has 7 nitrogen and oxygen atoms in total. The van der Waals surface area contributed by atoms with E-state index in [1.807, 2.05) is 0 Å². The molecule has 3 N–H and O–H groups in total. The second-order valence-corrected chi connectivity index (χ2v) is 8.04. The second kappa shape index (κ2) is 11.2. The number of carbonyl (C=O) groups is 2. The van der Waals surface area contributed by atoms with Gasteiger partial charge in [0.2, 0.25) is 11.8 Å². The van der Waals surface area contributed by atoms with Crippen LogP contribution in [0.15, 0.2) is 59.9 Å². The number of nitrogens with one attached hydrogen (secondary N) is 2. The Hall–Kier alpha value is -3.38. The van der Waals surface area contributed by atoms with Crippen LogP contribution in [0.5, 0.6) is 0 Å². The lowest BCUT2D eigenvalue weighted by Crippen LogP contribution is -2.28. The van der Waals surface area contributed by atoms with Gasteiger partial charge in [0.1, 0.15) is 12.4 Å². The summed E-state index contributed by atoms with van der Waals surface area (Å²) < 4.78 is 52.9. The number of hydrogen-bond acceptors (Lipinski definition) is 5. The zero-order valence-electron chi connectivity index (χ0n) is 17.6. The number of hydrogen-bond donors (Lipinski definition) is 3. The minimum Gasteiger partial charge on any atom is -0.390 e. The van der Waals surface area contributed by atoms with Gasteiger partial charge in [0.15, 0.2) is 5.16 Å². The van der Waals surface area contributed by atoms with E-state index in [1.54, 1.807) is 0 Å². The van der Waals surface area contributed by atoms with Crippen molar-refractivity contribution in [3.63, 3.8) is 0 Å². The highest BCUT2D eigenvalue weighted by Crippen LogP contribution is 2.30. The summed E-state index contributed by atoms with van der Waals surface area (Å²) in [6, 6.07) is 9.90. The Kier molecular flexibility index (Phi) is 8.29. The molecule has 180 valence electrons. The maximum absolute atomic E-state index is 13.0. The van der Waals surface area contributed by atoms with Crippen LogP contribution in [-0.2, 0) is 35.5 Å². The Morgan fingerprint density at radius 3 is 2.50 bits per heavy atom. The summed E-state index contributed by atoms with van der Waals surface area (Å²) >= 11 is 0.963. The monoisotopic (exact) mass is 496 g/mol. The predicted octanol–water partition coefficient (Wildman–Crippen LogP) is 3.58. The molecule has 0 aliphatic heterocycles. The Morgan fingerprint density at radius 1 is 1.09 bits per heavy atom. The van der Waals surface area contributed by atoms with E-state index >= 15 is 0 Å². The van der Waals surface area contributed by atoms with E-state index in [4.69, 9.17) is 0 Å². The molecule has 0 spiro atoms. The topological polar surface area (TPSA) is 96.2 Å². The van der Waals surface area contributed by atoms with E-state index in [-0.39, 0.29) is 35.5 Å². The maximum atomic E-state index is 13.0. The number of halogens is 4. The van der Waals surface area contributed by atoms with Crippen LogP contribution in [0.1, 0.15) is 16.8 Å². The molecule has 0 radical (unpaired) electrons. The average Bonchev–Trinajstić information content (AvgIpc) is 3.18. The van der Waals surface area contributed by atoms with Gasteiger partial charge in [-0.2, -0.15) is 13.2 Å². The van der Waals surface area contributed by atoms with Crippen LogP contribution in [0.25, 0.3) is 0 Å². The molecule has 0 atom stereocenters. The third-order valence-corrected chi connectivity index (χ3v) is 5.56. The van der Waals surface area contributed by atoms with Crippen molar-refractivity contribution < 1.29 is 32.3 Å². The number of aromatic nitrogens is 2. The fourth-order valence-corrected chi connectivity index (χ4v) is 3.70. The third kappa shape index (κ3) is 7.06. The molecule has 0 aliphatic rings. The number of thioether (sulfide) groups is 1. The summed E-state index contributed by atoms with van der Waals surface area (Å²) in [7, 11) is 0. The molecule has 0 bridgehead atoms. The van der Waals surface area contributed by atoms with Gasteiger partial charge in [-0.15, -0.1) is 0 Å². The Labute approximate surface area is 196 Å². The molecule has 2 aromatic carbocycles. The standard InChI is InChI=1S/C22H20F4N4O3S/c23-16-6-4-14(5-7-16)9-27-19(32)11-30-18(12-31)10-28-21(30)34-13-20(33)29-17-3-1-2-15(8-17)22(24,25)26/h1-8,10,31H,9,11-13H2,(H,27,32)(H,29,33). The maximum Gasteiger partial charge on any atom is 0.416 e. The van der Waals surface area contributed by atoms with Gasteiger partial charge >= 0.3 is 6.18 Å². The Balaban J connectivity index is 1.58. The van der Waals surface area contributed by atoms with Crippen LogP contribution in [-0.4, -0.2) is 32.2 Å². The first-order chi connectivity index (χ1) is 16.2. The lowest BCUT2D eigenvalue weighted by atomic mass is 10.2. The van der Waals surface area contributed by atoms with Gasteiger partial charge < -0.3 is 20.3 Å². The predicted molar refractivity (Wildman–Crippen MR) is 117 cm³/mol. The van der Waals surface area contributed by atoms with Gasteiger partial charge in [0, 0.05) is 12.2 Å². The fraction of sp³-hybridized carbons (Fsp3) is 0.227. The SMILES string of the molecule is O=C(Cn1c(CO)cnc1SCC(=O)Nc1cccc(C(F)(F)F)c1)NCc1ccc(F)cc1. The number of carbonyl (C=O) groups excluding carboxylic acids is 2. The van der Waals surface area contributed by atoms with Crippen molar-refractivity contribution in [1.29, 1.82) is 0 Å². The largest absolute Gasteiger partial charge is 0.416 e. The first-order valence-corrected chi connectivity index (χ1v) is 10.9. The quantitative estimate of drug-likeness (QED) is 0.311. The van der Waals surface area contributed by atoms with E-state index in [2.05, 4.69) is 15.6 Å². The number of benzene rings is 2. The normalized spacial score (nSPS) is 11.3. The number of alkyl halides is 3. The molecule has 1 aromatic heterocycles. The number of aliphatic hydroxyl groups excluding tert-OH is 1.